The molecule has 8 N–H and O–H groups in total. The summed E-state index contributed by atoms with van der Waals surface area (Å²) in [5.74, 6) is -3.59. The molecule has 23 heteroatoms. The molecule has 0 aliphatic heterocycles. The molecule has 0 aliphatic carbocycles. The van der Waals surface area contributed by atoms with E-state index in [-0.39, 0.29) is 0 Å². The number of carboxylic acid groups (broad SMARTS) is 1. The molecule has 0 aromatic heterocycles. The summed E-state index contributed by atoms with van der Waals surface area (Å²) in [7, 11) is -20.4. The van der Waals surface area contributed by atoms with E-state index in [4.69, 9.17) is 5.11 Å². The van der Waals surface area contributed by atoms with Crippen LogP contribution in [0.3, 0.4) is 0 Å². The van der Waals surface area contributed by atoms with Crippen molar-refractivity contribution in [2.45, 2.75) is 19.6 Å². The van der Waals surface area contributed by atoms with E-state index in [9.17, 15) is 66.9 Å². The number of hydrogen-bond acceptors (Lipinski definition) is 14. The lowest BCUT2D eigenvalue weighted by Crippen LogP contribution is -2.13. The van der Waals surface area contributed by atoms with E-state index < -0.39 is 123 Å². The third-order valence-electron chi connectivity index (χ3n) is 5.94. The van der Waals surface area contributed by atoms with Gasteiger partial charge >= 0.3 is 5.97 Å². The molecule has 0 unspecified atom stereocenters. The molecule has 0 saturated carbocycles. The molecule has 19 nitrogen and oxygen atoms in total. The summed E-state index contributed by atoms with van der Waals surface area (Å²) in [6.07, 6.45) is 0. The molecule has 0 spiro atoms. The zero-order valence-corrected chi connectivity index (χ0v) is 24.8. The zero-order valence-electron chi connectivity index (χ0n) is 21.6. The Hall–Kier alpha value is -4.49. The topological polar surface area (TPSA) is 332 Å². The normalized spacial score (nSPS) is 13.1. The average Bonchev–Trinajstić information content (AvgIpc) is 2.88. The lowest BCUT2D eigenvalue weighted by Gasteiger charge is -2.15. The predicted octanol–water partition coefficient (Wildman–Crippen LogP) is 2.30. The van der Waals surface area contributed by atoms with Crippen LogP contribution in [0.25, 0.3) is 21.5 Å². The number of fused-ring (bicyclic) bond motifs is 2. The summed E-state index contributed by atoms with van der Waals surface area (Å²) < 4.78 is 133. The second kappa shape index (κ2) is 11.1. The zero-order chi connectivity index (χ0) is 33.9. The number of aromatic hydroxyl groups is 2. The summed E-state index contributed by atoms with van der Waals surface area (Å²) in [6, 6.07) is 4.42. The van der Waals surface area contributed by atoms with Gasteiger partial charge in [-0.25, -0.2) is 0 Å². The molecule has 4 aromatic carbocycles. The highest BCUT2D eigenvalue weighted by Gasteiger charge is 2.26. The van der Waals surface area contributed by atoms with Gasteiger partial charge in [0.2, 0.25) is 0 Å². The highest BCUT2D eigenvalue weighted by molar-refractivity contribution is 7.86. The molecular formula is C22H17N3O16S4. The number of rotatable bonds is 9. The van der Waals surface area contributed by atoms with E-state index in [0.29, 0.717) is 42.5 Å². The van der Waals surface area contributed by atoms with Crippen molar-refractivity contribution in [2.75, 3.05) is 11.9 Å². The maximum Gasteiger partial charge on any atom is 0.322 e. The standard InChI is InChI=1S/C22H17N3O16S4/c26-16-7-13(44(36,37)38)2-9-1-12(43(33,34)35)6-15(19(9)16)24-25-21-17(45(39,40)41)4-10-3-11(42(30,31)32)5-14(20(10)22(21)29)23-8-18(27)28/h1-7,23,26,29H,8H2,(H,27,28)(H,30,31,32)(H,33,34,35)(H,36,37,38)(H,39,40,41). The van der Waals surface area contributed by atoms with Crippen molar-refractivity contribution in [3.8, 4) is 11.5 Å². The maximum absolute atomic E-state index is 12.3. The average molecular weight is 708 g/mol. The third kappa shape index (κ3) is 6.94. The van der Waals surface area contributed by atoms with Crippen molar-refractivity contribution in [1.82, 2.24) is 0 Å². The van der Waals surface area contributed by atoms with Crippen molar-refractivity contribution in [1.29, 1.82) is 0 Å². The number of azo groups is 1. The van der Waals surface area contributed by atoms with Crippen LogP contribution in [0.15, 0.2) is 72.3 Å². The van der Waals surface area contributed by atoms with Crippen LogP contribution in [0.1, 0.15) is 0 Å². The summed E-state index contributed by atoms with van der Waals surface area (Å²) >= 11 is 0. The highest BCUT2D eigenvalue weighted by atomic mass is 32.2. The first-order chi connectivity index (χ1) is 20.5. The Bertz CT molecular complexity index is 2420. The molecule has 0 heterocycles. The lowest BCUT2D eigenvalue weighted by molar-refractivity contribution is -0.134. The molecule has 0 radical (unpaired) electrons. The molecule has 0 saturated heterocycles. The fraction of sp³-hybridized carbons (Fsp3) is 0.0455. The first kappa shape index (κ1) is 33.4. The number of anilines is 1. The van der Waals surface area contributed by atoms with E-state index in [2.05, 4.69) is 15.5 Å². The van der Waals surface area contributed by atoms with Gasteiger partial charge < -0.3 is 20.6 Å². The lowest BCUT2D eigenvalue weighted by atomic mass is 10.1. The van der Waals surface area contributed by atoms with Crippen LogP contribution in [-0.2, 0) is 45.3 Å². The van der Waals surface area contributed by atoms with Crippen LogP contribution in [0.4, 0.5) is 17.1 Å². The third-order valence-corrected chi connectivity index (χ3v) is 9.30. The van der Waals surface area contributed by atoms with Crippen molar-refractivity contribution in [3.63, 3.8) is 0 Å². The molecule has 4 rings (SSSR count). The molecule has 0 bridgehead atoms. The number of nitrogens with one attached hydrogen (secondary N) is 1. The molecule has 0 atom stereocenters. The second-order valence-corrected chi connectivity index (χ2v) is 14.6. The van der Waals surface area contributed by atoms with Gasteiger partial charge in [-0.05, 0) is 47.2 Å². The summed E-state index contributed by atoms with van der Waals surface area (Å²) in [6.45, 7) is -0.889. The molecule has 4 aromatic rings. The number of hydrogen-bond donors (Lipinski definition) is 8. The SMILES string of the molecule is O=C(O)CNc1cc(S(=O)(=O)O)cc2cc(S(=O)(=O)O)c(N=Nc3cc(S(=O)(=O)O)cc4cc(S(=O)(=O)O)cc(O)c34)c(O)c12. The number of carbonyl (C=O) groups is 1. The van der Waals surface area contributed by atoms with Crippen LogP contribution in [-0.4, -0.2) is 79.7 Å². The first-order valence-corrected chi connectivity index (χ1v) is 17.2. The van der Waals surface area contributed by atoms with Gasteiger partial charge in [-0.3, -0.25) is 23.0 Å². The monoisotopic (exact) mass is 707 g/mol. The number of nitrogens with zero attached hydrogens (tertiary/aromatic N) is 2. The van der Waals surface area contributed by atoms with Gasteiger partial charge in [0.25, 0.3) is 40.5 Å². The summed E-state index contributed by atoms with van der Waals surface area (Å²) in [5, 5.41) is 38.2. The largest absolute Gasteiger partial charge is 0.507 e. The van der Waals surface area contributed by atoms with E-state index in [1.165, 1.54) is 0 Å². The minimum Gasteiger partial charge on any atom is -0.507 e. The molecule has 240 valence electrons. The van der Waals surface area contributed by atoms with Crippen LogP contribution >= 0.6 is 0 Å². The second-order valence-electron chi connectivity index (χ2n) is 8.97. The van der Waals surface area contributed by atoms with E-state index >= 15 is 0 Å². The summed E-state index contributed by atoms with van der Waals surface area (Å²) in [4.78, 5) is 7.15. The van der Waals surface area contributed by atoms with Gasteiger partial charge in [-0.2, -0.15) is 33.7 Å². The van der Waals surface area contributed by atoms with Crippen molar-refractivity contribution < 1.29 is 72.0 Å². The Labute approximate surface area is 252 Å². The van der Waals surface area contributed by atoms with Crippen LogP contribution in [0, 0.1) is 0 Å². The van der Waals surface area contributed by atoms with Gasteiger partial charge in [0.15, 0.2) is 5.75 Å². The first-order valence-electron chi connectivity index (χ1n) is 11.4. The summed E-state index contributed by atoms with van der Waals surface area (Å²) in [5.41, 5.74) is -2.29. The Morgan fingerprint density at radius 3 is 1.62 bits per heavy atom. The number of phenols is 2. The predicted molar refractivity (Wildman–Crippen MR) is 151 cm³/mol. The van der Waals surface area contributed by atoms with Gasteiger partial charge in [-0.1, -0.05) is 0 Å². The smallest absolute Gasteiger partial charge is 0.322 e. The number of carboxylic acids is 1. The van der Waals surface area contributed by atoms with Crippen molar-refractivity contribution in [2.24, 2.45) is 10.2 Å². The number of phenolic OH excluding ortho intramolecular Hbond substituents is 2. The van der Waals surface area contributed by atoms with E-state index in [1.54, 1.807) is 0 Å². The molecule has 0 aliphatic rings. The van der Waals surface area contributed by atoms with Crippen LogP contribution in [0.2, 0.25) is 0 Å². The maximum atomic E-state index is 12.3. The Morgan fingerprint density at radius 2 is 1.13 bits per heavy atom. The minimum atomic E-state index is -5.36. The van der Waals surface area contributed by atoms with E-state index in [0.717, 1.165) is 0 Å². The fourth-order valence-electron chi connectivity index (χ4n) is 4.11. The molecule has 0 amide bonds. The van der Waals surface area contributed by atoms with Gasteiger partial charge in [-0.15, -0.1) is 10.2 Å². The Balaban J connectivity index is 2.11. The molecule has 45 heavy (non-hydrogen) atoms. The van der Waals surface area contributed by atoms with Gasteiger partial charge in [0.1, 0.15) is 22.9 Å². The van der Waals surface area contributed by atoms with Crippen LogP contribution < -0.4 is 5.32 Å². The fourth-order valence-corrected chi connectivity index (χ4v) is 6.38. The van der Waals surface area contributed by atoms with Gasteiger partial charge in [0, 0.05) is 17.1 Å². The number of aliphatic carboxylic acids is 1. The Kier molecular flexibility index (Phi) is 8.27. The quantitative estimate of drug-likeness (QED) is 0.0913. The van der Waals surface area contributed by atoms with Crippen molar-refractivity contribution in [3.05, 3.63) is 42.5 Å². The number of benzene rings is 4. The molecular weight excluding hydrogens is 691 g/mol. The van der Waals surface area contributed by atoms with Crippen LogP contribution in [0.5, 0.6) is 11.5 Å². The van der Waals surface area contributed by atoms with E-state index in [1.807, 2.05) is 0 Å². The Morgan fingerprint density at radius 1 is 0.644 bits per heavy atom. The molecule has 0 fully saturated rings. The van der Waals surface area contributed by atoms with Gasteiger partial charge in [0.05, 0.1) is 25.8 Å². The minimum absolute atomic E-state index is 0.456. The van der Waals surface area contributed by atoms with Crippen molar-refractivity contribution >= 4 is 85.0 Å². The highest BCUT2D eigenvalue weighted by Crippen LogP contribution is 2.46.